The molecule has 0 N–H and O–H groups in total. The summed E-state index contributed by atoms with van der Waals surface area (Å²) in [6.07, 6.45) is 0.164. The van der Waals surface area contributed by atoms with E-state index in [4.69, 9.17) is 4.74 Å². The maximum atomic E-state index is 13.1. The summed E-state index contributed by atoms with van der Waals surface area (Å²) in [6, 6.07) is 17.4. The summed E-state index contributed by atoms with van der Waals surface area (Å²) in [6.45, 7) is 2.74. The highest BCUT2D eigenvalue weighted by Crippen LogP contribution is 2.26. The average molecular weight is 441 g/mol. The first-order chi connectivity index (χ1) is 14.5. The van der Waals surface area contributed by atoms with Crippen LogP contribution in [0.2, 0.25) is 0 Å². The van der Waals surface area contributed by atoms with Crippen LogP contribution < -0.4 is 0 Å². The van der Waals surface area contributed by atoms with Crippen LogP contribution in [-0.2, 0) is 21.8 Å². The monoisotopic (exact) mass is 440 g/mol. The number of carbonyl (C=O) groups excluding carboxylic acids is 2. The molecule has 5 nitrogen and oxygen atoms in total. The Morgan fingerprint density at radius 3 is 2.43 bits per heavy atom. The van der Waals surface area contributed by atoms with Gasteiger partial charge in [0.1, 0.15) is 4.34 Å². The van der Waals surface area contributed by atoms with Crippen molar-refractivity contribution in [3.8, 4) is 0 Å². The van der Waals surface area contributed by atoms with Crippen LogP contribution in [0.15, 0.2) is 64.3 Å². The number of ether oxygens (including phenoxy) is 1. The molecule has 0 atom stereocenters. The molecule has 0 unspecified atom stereocenters. The molecule has 0 radical (unpaired) electrons. The van der Waals surface area contributed by atoms with Crippen molar-refractivity contribution in [1.82, 2.24) is 9.88 Å². The van der Waals surface area contributed by atoms with Gasteiger partial charge in [-0.25, -0.2) is 4.98 Å². The summed E-state index contributed by atoms with van der Waals surface area (Å²) < 4.78 is 5.78. The van der Waals surface area contributed by atoms with Crippen LogP contribution in [0.1, 0.15) is 33.6 Å². The van der Waals surface area contributed by atoms with Gasteiger partial charge in [0.05, 0.1) is 13.5 Å². The molecule has 0 fully saturated rings. The lowest BCUT2D eigenvalue weighted by molar-refractivity contribution is -0.140. The summed E-state index contributed by atoms with van der Waals surface area (Å²) >= 11 is 3.34. The van der Waals surface area contributed by atoms with E-state index in [9.17, 15) is 9.59 Å². The third-order valence-electron chi connectivity index (χ3n) is 4.48. The van der Waals surface area contributed by atoms with Crippen molar-refractivity contribution in [1.29, 1.82) is 0 Å². The van der Waals surface area contributed by atoms with Gasteiger partial charge in [-0.15, -0.1) is 11.3 Å². The normalized spacial score (nSPS) is 10.6. The molecule has 0 bridgehead atoms. The summed E-state index contributed by atoms with van der Waals surface area (Å²) in [7, 11) is 1.36. The van der Waals surface area contributed by atoms with Crippen LogP contribution in [-0.4, -0.2) is 35.4 Å². The molecule has 156 valence electrons. The highest BCUT2D eigenvalue weighted by molar-refractivity contribution is 8.00. The highest BCUT2D eigenvalue weighted by atomic mass is 32.2. The van der Waals surface area contributed by atoms with E-state index in [0.29, 0.717) is 18.7 Å². The van der Waals surface area contributed by atoms with Crippen LogP contribution >= 0.6 is 23.1 Å². The SMILES string of the molecule is COC(=O)CCN(Cc1ccccc1)C(=O)c1ccc(CSc2nc(C)cs2)cc1. The van der Waals surface area contributed by atoms with Crippen LogP contribution in [0.5, 0.6) is 0 Å². The molecule has 1 aromatic heterocycles. The van der Waals surface area contributed by atoms with Crippen molar-refractivity contribution in [2.45, 2.75) is 30.0 Å². The number of aryl methyl sites for hydroxylation is 1. The summed E-state index contributed by atoms with van der Waals surface area (Å²) in [5.74, 6) is 0.375. The van der Waals surface area contributed by atoms with Crippen LogP contribution in [0.3, 0.4) is 0 Å². The Bertz CT molecular complexity index is 972. The van der Waals surface area contributed by atoms with E-state index in [0.717, 1.165) is 26.9 Å². The quantitative estimate of drug-likeness (QED) is 0.348. The molecule has 0 aliphatic heterocycles. The van der Waals surface area contributed by atoms with Crippen molar-refractivity contribution >= 4 is 35.0 Å². The van der Waals surface area contributed by atoms with E-state index >= 15 is 0 Å². The zero-order valence-electron chi connectivity index (χ0n) is 17.0. The number of amides is 1. The van der Waals surface area contributed by atoms with E-state index < -0.39 is 0 Å². The van der Waals surface area contributed by atoms with Gasteiger partial charge in [-0.2, -0.15) is 0 Å². The average Bonchev–Trinajstić information content (AvgIpc) is 3.20. The Morgan fingerprint density at radius 1 is 1.07 bits per heavy atom. The molecule has 30 heavy (non-hydrogen) atoms. The number of hydrogen-bond donors (Lipinski definition) is 0. The summed E-state index contributed by atoms with van der Waals surface area (Å²) in [4.78, 5) is 30.8. The van der Waals surface area contributed by atoms with Crippen molar-refractivity contribution in [2.75, 3.05) is 13.7 Å². The van der Waals surface area contributed by atoms with Crippen molar-refractivity contribution in [3.05, 3.63) is 82.4 Å². The number of thiazole rings is 1. The molecule has 0 aliphatic rings. The lowest BCUT2D eigenvalue weighted by Crippen LogP contribution is -2.32. The fourth-order valence-corrected chi connectivity index (χ4v) is 4.66. The first-order valence-electron chi connectivity index (χ1n) is 9.59. The van der Waals surface area contributed by atoms with Gasteiger partial charge in [-0.1, -0.05) is 54.2 Å². The number of rotatable bonds is 9. The van der Waals surface area contributed by atoms with E-state index in [-0.39, 0.29) is 18.3 Å². The molecule has 0 saturated carbocycles. The predicted octanol–water partition coefficient (Wildman–Crippen LogP) is 4.95. The molecular weight excluding hydrogens is 416 g/mol. The van der Waals surface area contributed by atoms with Gasteiger partial charge in [0, 0.05) is 35.5 Å². The van der Waals surface area contributed by atoms with Gasteiger partial charge in [0.2, 0.25) is 0 Å². The Morgan fingerprint density at radius 2 is 1.80 bits per heavy atom. The zero-order chi connectivity index (χ0) is 21.3. The second-order valence-corrected chi connectivity index (χ2v) is 8.86. The summed E-state index contributed by atoms with van der Waals surface area (Å²) in [5, 5.41) is 2.04. The molecule has 0 aliphatic carbocycles. The highest BCUT2D eigenvalue weighted by Gasteiger charge is 2.18. The number of hydrogen-bond acceptors (Lipinski definition) is 6. The number of thioether (sulfide) groups is 1. The lowest BCUT2D eigenvalue weighted by Gasteiger charge is -2.22. The van der Waals surface area contributed by atoms with Gasteiger partial charge in [0.15, 0.2) is 0 Å². The second kappa shape index (κ2) is 10.9. The van der Waals surface area contributed by atoms with E-state index in [1.807, 2.05) is 66.9 Å². The lowest BCUT2D eigenvalue weighted by atomic mass is 10.1. The molecule has 1 amide bonds. The van der Waals surface area contributed by atoms with Crippen molar-refractivity contribution in [3.63, 3.8) is 0 Å². The van der Waals surface area contributed by atoms with Gasteiger partial charge >= 0.3 is 5.97 Å². The maximum Gasteiger partial charge on any atom is 0.307 e. The van der Waals surface area contributed by atoms with Gasteiger partial charge in [-0.05, 0) is 30.2 Å². The molecule has 0 saturated heterocycles. The Balaban J connectivity index is 1.66. The van der Waals surface area contributed by atoms with Crippen LogP contribution in [0.4, 0.5) is 0 Å². The van der Waals surface area contributed by atoms with E-state index in [1.165, 1.54) is 7.11 Å². The third-order valence-corrected chi connectivity index (χ3v) is 6.69. The fraction of sp³-hybridized carbons (Fsp3) is 0.261. The first kappa shape index (κ1) is 22.1. The van der Waals surface area contributed by atoms with E-state index in [2.05, 4.69) is 4.98 Å². The van der Waals surface area contributed by atoms with Gasteiger partial charge < -0.3 is 9.64 Å². The largest absolute Gasteiger partial charge is 0.469 e. The minimum Gasteiger partial charge on any atom is -0.469 e. The molecule has 1 heterocycles. The standard InChI is InChI=1S/C23H24N2O3S2/c1-17-15-29-23(24-17)30-16-19-8-10-20(11-9-19)22(27)25(13-12-21(26)28-2)14-18-6-4-3-5-7-18/h3-11,15H,12-14,16H2,1-2H3. The minimum atomic E-state index is -0.328. The molecular formula is C23H24N2O3S2. The zero-order valence-corrected chi connectivity index (χ0v) is 18.7. The van der Waals surface area contributed by atoms with Gasteiger partial charge in [-0.3, -0.25) is 9.59 Å². The molecule has 3 aromatic rings. The van der Waals surface area contributed by atoms with E-state index in [1.54, 1.807) is 28.0 Å². The van der Waals surface area contributed by atoms with Crippen molar-refractivity contribution in [2.24, 2.45) is 0 Å². The maximum absolute atomic E-state index is 13.1. The smallest absolute Gasteiger partial charge is 0.307 e. The molecule has 3 rings (SSSR count). The Hall–Kier alpha value is -2.64. The number of esters is 1. The summed E-state index contributed by atoms with van der Waals surface area (Å²) in [5.41, 5.74) is 3.79. The number of benzene rings is 2. The first-order valence-corrected chi connectivity index (χ1v) is 11.5. The predicted molar refractivity (Wildman–Crippen MR) is 121 cm³/mol. The number of aromatic nitrogens is 1. The fourth-order valence-electron chi connectivity index (χ4n) is 2.85. The Kier molecular flexibility index (Phi) is 8.04. The van der Waals surface area contributed by atoms with Crippen molar-refractivity contribution < 1.29 is 14.3 Å². The molecule has 0 spiro atoms. The second-order valence-electron chi connectivity index (χ2n) is 6.78. The number of carbonyl (C=O) groups is 2. The molecule has 7 heteroatoms. The number of methoxy groups -OCH3 is 1. The van der Waals surface area contributed by atoms with Crippen LogP contribution in [0.25, 0.3) is 0 Å². The minimum absolute atomic E-state index is 0.0995. The van der Waals surface area contributed by atoms with Gasteiger partial charge in [0.25, 0.3) is 5.91 Å². The molecule has 2 aromatic carbocycles. The topological polar surface area (TPSA) is 59.5 Å². The van der Waals surface area contributed by atoms with Crippen LogP contribution in [0, 0.1) is 6.92 Å². The Labute approximate surface area is 185 Å². The third kappa shape index (κ3) is 6.43. The number of nitrogens with zero attached hydrogens (tertiary/aromatic N) is 2.